The molecule has 0 unspecified atom stereocenters. The highest BCUT2D eigenvalue weighted by Gasteiger charge is 2.49. The van der Waals surface area contributed by atoms with Gasteiger partial charge in [-0.2, -0.15) is 0 Å². The molecule has 0 radical (unpaired) electrons. The van der Waals surface area contributed by atoms with Gasteiger partial charge in [-0.1, -0.05) is 0 Å². The third kappa shape index (κ3) is 2.10. The van der Waals surface area contributed by atoms with Crippen LogP contribution in [-0.4, -0.2) is 42.6 Å². The molecule has 1 fully saturated rings. The molecular weight excluding hydrogens is 337 g/mol. The quantitative estimate of drug-likeness (QED) is 0.861. The van der Waals surface area contributed by atoms with E-state index in [1.165, 1.54) is 25.1 Å². The SMILES string of the molecule is COC(=O)NC[C@@H]1OC(=O)N2c3cc(F)c4c(oc(=O)n4C)c3C[C@@H]12. The Labute approximate surface area is 139 Å². The van der Waals surface area contributed by atoms with Crippen molar-refractivity contribution in [2.24, 2.45) is 7.05 Å². The van der Waals surface area contributed by atoms with Crippen molar-refractivity contribution in [1.82, 2.24) is 9.88 Å². The smallest absolute Gasteiger partial charge is 0.419 e. The van der Waals surface area contributed by atoms with Gasteiger partial charge in [0.25, 0.3) is 0 Å². The number of nitrogens with one attached hydrogen (secondary N) is 1. The number of ether oxygens (including phenoxy) is 2. The fraction of sp³-hybridized carbons (Fsp3) is 0.400. The van der Waals surface area contributed by atoms with Crippen LogP contribution in [0, 0.1) is 5.82 Å². The molecule has 0 aliphatic carbocycles. The molecule has 3 heterocycles. The maximum Gasteiger partial charge on any atom is 0.419 e. The molecule has 9 nitrogen and oxygen atoms in total. The topological polar surface area (TPSA) is 103 Å². The third-order valence-corrected chi connectivity index (χ3v) is 4.60. The number of anilines is 1. The van der Waals surface area contributed by atoms with Crippen molar-refractivity contribution in [3.8, 4) is 0 Å². The van der Waals surface area contributed by atoms with Gasteiger partial charge < -0.3 is 19.2 Å². The number of oxazole rings is 1. The number of hydrogen-bond acceptors (Lipinski definition) is 6. The maximum atomic E-state index is 14.4. The summed E-state index contributed by atoms with van der Waals surface area (Å²) in [5, 5.41) is 2.48. The lowest BCUT2D eigenvalue weighted by Crippen LogP contribution is -2.40. The number of nitrogens with zero attached hydrogens (tertiary/aromatic N) is 2. The van der Waals surface area contributed by atoms with Gasteiger partial charge in [0.2, 0.25) is 0 Å². The van der Waals surface area contributed by atoms with Crippen LogP contribution in [0.4, 0.5) is 19.7 Å². The normalized spacial score (nSPS) is 21.2. The van der Waals surface area contributed by atoms with E-state index in [-0.39, 0.29) is 17.6 Å². The Hall–Kier alpha value is -3.04. The number of amides is 2. The summed E-state index contributed by atoms with van der Waals surface area (Å²) in [6, 6.07) is 0.763. The lowest BCUT2D eigenvalue weighted by Gasteiger charge is -2.16. The molecule has 2 aromatic rings. The number of aromatic nitrogens is 1. The highest BCUT2D eigenvalue weighted by molar-refractivity contribution is 5.98. The maximum absolute atomic E-state index is 14.4. The summed E-state index contributed by atoms with van der Waals surface area (Å²) < 4.78 is 30.4. The molecule has 4 rings (SSSR count). The molecule has 10 heteroatoms. The van der Waals surface area contributed by atoms with Gasteiger partial charge >= 0.3 is 17.9 Å². The first-order chi connectivity index (χ1) is 11.9. The summed E-state index contributed by atoms with van der Waals surface area (Å²) in [5.41, 5.74) is 1.07. The average molecular weight is 351 g/mol. The lowest BCUT2D eigenvalue weighted by atomic mass is 10.0. The van der Waals surface area contributed by atoms with E-state index in [2.05, 4.69) is 10.1 Å². The van der Waals surface area contributed by atoms with Gasteiger partial charge in [-0.25, -0.2) is 18.8 Å². The highest BCUT2D eigenvalue weighted by Crippen LogP contribution is 2.42. The van der Waals surface area contributed by atoms with Gasteiger partial charge in [-0.3, -0.25) is 9.47 Å². The van der Waals surface area contributed by atoms with Crippen molar-refractivity contribution < 1.29 is 27.9 Å². The number of carbonyl (C=O) groups is 2. The first-order valence-electron chi connectivity index (χ1n) is 7.55. The Kier molecular flexibility index (Phi) is 3.24. The molecule has 0 bridgehead atoms. The molecule has 2 aliphatic rings. The van der Waals surface area contributed by atoms with E-state index >= 15 is 0 Å². The number of fused-ring (bicyclic) bond motifs is 5. The van der Waals surface area contributed by atoms with Gasteiger partial charge in [0.15, 0.2) is 11.4 Å². The van der Waals surface area contributed by atoms with Crippen LogP contribution >= 0.6 is 0 Å². The third-order valence-electron chi connectivity index (χ3n) is 4.60. The summed E-state index contributed by atoms with van der Waals surface area (Å²) in [6.07, 6.45) is -1.60. The standard InChI is InChI=1S/C15H14FN3O6/c1-18-11-7(16)4-8-6(12(11)25-14(18)21)3-9-10(5-17-13(20)23-2)24-15(22)19(8)9/h4,9-10H,3,5H2,1-2H3,(H,17,20)/t9-,10-/m0/s1. The van der Waals surface area contributed by atoms with Gasteiger partial charge in [-0.15, -0.1) is 0 Å². The van der Waals surface area contributed by atoms with Gasteiger partial charge in [0, 0.05) is 25.1 Å². The predicted molar refractivity (Wildman–Crippen MR) is 82.1 cm³/mol. The number of aryl methyl sites for hydroxylation is 1. The second kappa shape index (κ2) is 5.23. The Bertz CT molecular complexity index is 964. The Balaban J connectivity index is 1.74. The summed E-state index contributed by atoms with van der Waals surface area (Å²) in [4.78, 5) is 36.5. The lowest BCUT2D eigenvalue weighted by molar-refractivity contribution is 0.123. The molecule has 1 aromatic heterocycles. The van der Waals surface area contributed by atoms with Crippen molar-refractivity contribution >= 4 is 29.0 Å². The number of rotatable bonds is 2. The van der Waals surface area contributed by atoms with Crippen LogP contribution in [0.25, 0.3) is 11.1 Å². The first kappa shape index (κ1) is 15.5. The van der Waals surface area contributed by atoms with Gasteiger partial charge in [0.05, 0.1) is 25.4 Å². The van der Waals surface area contributed by atoms with Gasteiger partial charge in [0.1, 0.15) is 11.6 Å². The van der Waals surface area contributed by atoms with Crippen LogP contribution in [0.15, 0.2) is 15.3 Å². The Morgan fingerprint density at radius 1 is 1.48 bits per heavy atom. The monoisotopic (exact) mass is 351 g/mol. The van der Waals surface area contributed by atoms with Crippen molar-refractivity contribution in [3.63, 3.8) is 0 Å². The van der Waals surface area contributed by atoms with Crippen molar-refractivity contribution in [2.45, 2.75) is 18.6 Å². The van der Waals surface area contributed by atoms with Gasteiger partial charge in [-0.05, 0) is 0 Å². The summed E-state index contributed by atoms with van der Waals surface area (Å²) in [6.45, 7) is 0.0535. The zero-order valence-electron chi connectivity index (χ0n) is 13.4. The minimum absolute atomic E-state index is 0.0535. The average Bonchev–Trinajstić information content (AvgIpc) is 3.19. The highest BCUT2D eigenvalue weighted by atomic mass is 19.1. The molecule has 0 saturated carbocycles. The fourth-order valence-corrected chi connectivity index (χ4v) is 3.43. The molecule has 132 valence electrons. The molecule has 1 N–H and O–H groups in total. The second-order valence-electron chi connectivity index (χ2n) is 5.90. The molecule has 1 aromatic carbocycles. The summed E-state index contributed by atoms with van der Waals surface area (Å²) in [7, 11) is 2.64. The van der Waals surface area contributed by atoms with E-state index in [9.17, 15) is 18.8 Å². The van der Waals surface area contributed by atoms with E-state index in [0.717, 1.165) is 4.57 Å². The van der Waals surface area contributed by atoms with Crippen LogP contribution in [0.5, 0.6) is 0 Å². The second-order valence-corrected chi connectivity index (χ2v) is 5.90. The van der Waals surface area contributed by atoms with Crippen molar-refractivity contribution in [2.75, 3.05) is 18.6 Å². The zero-order chi connectivity index (χ0) is 17.9. The van der Waals surface area contributed by atoms with E-state index in [0.29, 0.717) is 17.7 Å². The largest absolute Gasteiger partial charge is 0.453 e. The summed E-state index contributed by atoms with van der Waals surface area (Å²) >= 11 is 0. The zero-order valence-corrected chi connectivity index (χ0v) is 13.4. The molecular formula is C15H14FN3O6. The van der Waals surface area contributed by atoms with Crippen molar-refractivity contribution in [3.05, 3.63) is 28.0 Å². The van der Waals surface area contributed by atoms with E-state index in [1.807, 2.05) is 0 Å². The van der Waals surface area contributed by atoms with E-state index in [1.54, 1.807) is 0 Å². The van der Waals surface area contributed by atoms with Crippen LogP contribution in [0.3, 0.4) is 0 Å². The number of halogens is 1. The van der Waals surface area contributed by atoms with Crippen LogP contribution < -0.4 is 16.0 Å². The minimum Gasteiger partial charge on any atom is -0.453 e. The molecule has 2 aliphatic heterocycles. The molecule has 0 spiro atoms. The number of hydrogen-bond donors (Lipinski definition) is 1. The van der Waals surface area contributed by atoms with Crippen LogP contribution in [-0.2, 0) is 22.9 Å². The first-order valence-corrected chi connectivity index (χ1v) is 7.55. The fourth-order valence-electron chi connectivity index (χ4n) is 3.43. The number of benzene rings is 1. The Morgan fingerprint density at radius 2 is 2.24 bits per heavy atom. The number of methoxy groups -OCH3 is 1. The summed E-state index contributed by atoms with van der Waals surface area (Å²) in [5.74, 6) is -1.34. The Morgan fingerprint density at radius 3 is 2.96 bits per heavy atom. The van der Waals surface area contributed by atoms with Crippen LogP contribution in [0.2, 0.25) is 0 Å². The molecule has 2 amide bonds. The number of cyclic esters (lactones) is 1. The minimum atomic E-state index is -0.680. The van der Waals surface area contributed by atoms with Crippen LogP contribution in [0.1, 0.15) is 5.56 Å². The molecule has 25 heavy (non-hydrogen) atoms. The molecule has 1 saturated heterocycles. The predicted octanol–water partition coefficient (Wildman–Crippen LogP) is 0.877. The molecule has 2 atom stereocenters. The number of carbonyl (C=O) groups excluding carboxylic acids is 2. The number of alkyl carbamates (subject to hydrolysis) is 1. The van der Waals surface area contributed by atoms with E-state index in [4.69, 9.17) is 9.15 Å². The van der Waals surface area contributed by atoms with E-state index < -0.39 is 35.9 Å². The van der Waals surface area contributed by atoms with Crippen molar-refractivity contribution in [1.29, 1.82) is 0 Å².